The summed E-state index contributed by atoms with van der Waals surface area (Å²) in [4.78, 5) is 84.7. The normalized spacial score (nSPS) is 17.4. The molecule has 3 N–H and O–H groups in total. The van der Waals surface area contributed by atoms with Crippen LogP contribution in [0.25, 0.3) is 0 Å². The number of aliphatic carboxylic acids is 1. The van der Waals surface area contributed by atoms with E-state index in [1.165, 1.54) is 17.2 Å². The van der Waals surface area contributed by atoms with Crippen LogP contribution in [0.1, 0.15) is 121 Å². The highest BCUT2D eigenvalue weighted by Gasteiger charge is 2.39. The average molecular weight is 724 g/mol. The van der Waals surface area contributed by atoms with E-state index in [1.807, 2.05) is 53.5 Å². The van der Waals surface area contributed by atoms with Gasteiger partial charge in [-0.05, 0) is 50.6 Å². The highest BCUT2D eigenvalue weighted by molar-refractivity contribution is 7.09. The zero-order chi connectivity index (χ0) is 37.5. The second-order valence-electron chi connectivity index (χ2n) is 13.9. The fraction of sp³-hybridized carbons (Fsp3) is 0.743. The number of likely N-dealkylation sites (tertiary alicyclic amines) is 1. The molecule has 1 saturated heterocycles. The summed E-state index contributed by atoms with van der Waals surface area (Å²) in [5.41, 5.74) is 0.0846. The topological polar surface area (TPSA) is 185 Å². The smallest absolute Gasteiger partial charge is 0.307 e. The number of carboxylic acids is 1. The van der Waals surface area contributed by atoms with Crippen LogP contribution in [0.2, 0.25) is 0 Å². The number of likely N-dealkylation sites (N-methyl/N-ethyl adjacent to an activating group) is 1. The third kappa shape index (κ3) is 13.6. The molecule has 0 bridgehead atoms. The molecule has 2 rings (SSSR count). The van der Waals surface area contributed by atoms with Gasteiger partial charge in [0.2, 0.25) is 11.8 Å². The van der Waals surface area contributed by atoms with E-state index in [0.29, 0.717) is 17.8 Å². The molecule has 15 heteroatoms. The molecule has 1 aliphatic heterocycles. The van der Waals surface area contributed by atoms with E-state index in [-0.39, 0.29) is 74.4 Å². The monoisotopic (exact) mass is 723 g/mol. The molecular weight excluding hydrogens is 666 g/mol. The minimum Gasteiger partial charge on any atom is -0.481 e. The number of carbonyl (C=O) groups is 6. The van der Waals surface area contributed by atoms with Crippen LogP contribution in [0.5, 0.6) is 0 Å². The van der Waals surface area contributed by atoms with Gasteiger partial charge in [-0.15, -0.1) is 11.3 Å². The Bertz CT molecular complexity index is 1300. The Balaban J connectivity index is 2.45. The zero-order valence-electron chi connectivity index (χ0n) is 30.9. The van der Waals surface area contributed by atoms with Gasteiger partial charge in [0.1, 0.15) is 16.7 Å². The summed E-state index contributed by atoms with van der Waals surface area (Å²) in [5.74, 6) is -3.59. The quantitative estimate of drug-likeness (QED) is 0.0998. The lowest BCUT2D eigenvalue weighted by atomic mass is 9.92. The van der Waals surface area contributed by atoms with Crippen LogP contribution < -0.4 is 10.6 Å². The molecule has 0 radical (unpaired) electrons. The van der Waals surface area contributed by atoms with Gasteiger partial charge in [-0.25, -0.2) is 4.98 Å². The Kier molecular flexibility index (Phi) is 17.8. The number of nitrogens with one attached hydrogen (secondary N) is 2. The van der Waals surface area contributed by atoms with Crippen molar-refractivity contribution in [1.29, 1.82) is 0 Å². The van der Waals surface area contributed by atoms with Crippen LogP contribution in [0, 0.1) is 17.8 Å². The number of hydrogen-bond acceptors (Lipinski definition) is 11. The molecule has 2 heterocycles. The Morgan fingerprint density at radius 1 is 1.12 bits per heavy atom. The minimum atomic E-state index is -0.962. The van der Waals surface area contributed by atoms with Crippen LogP contribution in [-0.4, -0.2) is 101 Å². The lowest BCUT2D eigenvalue weighted by Gasteiger charge is -2.39. The van der Waals surface area contributed by atoms with Crippen molar-refractivity contribution in [2.45, 2.75) is 124 Å². The largest absolute Gasteiger partial charge is 0.481 e. The van der Waals surface area contributed by atoms with Gasteiger partial charge < -0.3 is 30.1 Å². The van der Waals surface area contributed by atoms with E-state index >= 15 is 0 Å². The van der Waals surface area contributed by atoms with E-state index in [9.17, 15) is 28.8 Å². The number of ether oxygens (including phenoxy) is 2. The van der Waals surface area contributed by atoms with Crippen molar-refractivity contribution in [1.82, 2.24) is 25.4 Å². The molecular formula is C35H57N5O9S. The standard InChI is InChI=1S/C35H57N5O9S/c1-9-23(6)31(38-33(46)26-13-10-11-16-39(26)8)35(47)40(20-48-30(44)17-21(2)3)27(22(4)5)18-28(49-24(7)41)34-37-25(19-50-34)32(45)36-15-12-14-29(42)43/h19,21-23,26-28,31H,9-18,20H2,1-8H3,(H,36,45)(H,38,46)(H,42,43)/t23-,26+,27+,28+,31-/m0/s1. The van der Waals surface area contributed by atoms with Crippen molar-refractivity contribution >= 4 is 47.0 Å². The summed E-state index contributed by atoms with van der Waals surface area (Å²) in [7, 11) is 1.90. The van der Waals surface area contributed by atoms with Crippen LogP contribution in [0.3, 0.4) is 0 Å². The van der Waals surface area contributed by atoms with Gasteiger partial charge in [-0.3, -0.25) is 33.7 Å². The molecule has 0 spiro atoms. The van der Waals surface area contributed by atoms with Crippen molar-refractivity contribution in [3.8, 4) is 0 Å². The summed E-state index contributed by atoms with van der Waals surface area (Å²) in [6, 6.07) is -1.91. The van der Waals surface area contributed by atoms with Crippen molar-refractivity contribution in [2.75, 3.05) is 26.9 Å². The van der Waals surface area contributed by atoms with Crippen molar-refractivity contribution in [3.05, 3.63) is 16.1 Å². The predicted octanol–water partition coefficient (Wildman–Crippen LogP) is 4.15. The van der Waals surface area contributed by atoms with Crippen LogP contribution in [0.15, 0.2) is 5.38 Å². The van der Waals surface area contributed by atoms with Gasteiger partial charge in [-0.1, -0.05) is 54.4 Å². The van der Waals surface area contributed by atoms with Crippen molar-refractivity contribution in [2.24, 2.45) is 17.8 Å². The lowest BCUT2D eigenvalue weighted by Crippen LogP contribution is -2.59. The maximum absolute atomic E-state index is 14.6. The fourth-order valence-corrected chi connectivity index (χ4v) is 6.66. The molecule has 5 atom stereocenters. The molecule has 1 aromatic rings. The molecule has 1 fully saturated rings. The highest BCUT2D eigenvalue weighted by Crippen LogP contribution is 2.32. The predicted molar refractivity (Wildman–Crippen MR) is 188 cm³/mol. The highest BCUT2D eigenvalue weighted by atomic mass is 32.1. The SMILES string of the molecule is CC[C@H](C)[C@H](NC(=O)[C@H]1CCCCN1C)C(=O)N(COC(=O)CC(C)C)[C@H](C[C@@H](OC(C)=O)c1nc(C(=O)NCCCC(=O)O)cs1)C(C)C. The summed E-state index contributed by atoms with van der Waals surface area (Å²) in [5, 5.41) is 16.4. The summed E-state index contributed by atoms with van der Waals surface area (Å²) in [6.45, 7) is 13.2. The molecule has 3 amide bonds. The van der Waals surface area contributed by atoms with Gasteiger partial charge in [0.15, 0.2) is 12.8 Å². The first-order valence-electron chi connectivity index (χ1n) is 17.6. The second kappa shape index (κ2) is 20.9. The van der Waals surface area contributed by atoms with Gasteiger partial charge in [0, 0.05) is 44.2 Å². The number of amides is 3. The molecule has 50 heavy (non-hydrogen) atoms. The minimum absolute atomic E-state index is 0.0361. The van der Waals surface area contributed by atoms with Gasteiger partial charge in [0.05, 0.1) is 6.04 Å². The molecule has 0 saturated carbocycles. The Morgan fingerprint density at radius 2 is 1.82 bits per heavy atom. The first kappa shape index (κ1) is 42.6. The second-order valence-corrected chi connectivity index (χ2v) is 14.8. The van der Waals surface area contributed by atoms with E-state index in [4.69, 9.17) is 14.6 Å². The van der Waals surface area contributed by atoms with Crippen LogP contribution >= 0.6 is 11.3 Å². The first-order valence-corrected chi connectivity index (χ1v) is 18.5. The summed E-state index contributed by atoms with van der Waals surface area (Å²) in [6.07, 6.45) is 2.65. The van der Waals surface area contributed by atoms with Crippen molar-refractivity contribution < 1.29 is 43.3 Å². The van der Waals surface area contributed by atoms with Crippen LogP contribution in [0.4, 0.5) is 0 Å². The molecule has 0 aliphatic carbocycles. The number of carbonyl (C=O) groups excluding carboxylic acids is 5. The molecule has 14 nitrogen and oxygen atoms in total. The number of piperidine rings is 1. The van der Waals surface area contributed by atoms with E-state index in [1.54, 1.807) is 0 Å². The molecule has 282 valence electrons. The fourth-order valence-electron chi connectivity index (χ4n) is 5.82. The summed E-state index contributed by atoms with van der Waals surface area (Å²) >= 11 is 1.12. The van der Waals surface area contributed by atoms with Gasteiger partial charge in [0.25, 0.3) is 5.91 Å². The maximum atomic E-state index is 14.6. The summed E-state index contributed by atoms with van der Waals surface area (Å²) < 4.78 is 11.4. The molecule has 0 unspecified atom stereocenters. The lowest BCUT2D eigenvalue weighted by molar-refractivity contribution is -0.161. The number of carboxylic acid groups (broad SMARTS) is 1. The molecule has 0 aromatic carbocycles. The Morgan fingerprint density at radius 3 is 2.40 bits per heavy atom. The van der Waals surface area contributed by atoms with Gasteiger partial charge in [-0.2, -0.15) is 0 Å². The van der Waals surface area contributed by atoms with Crippen LogP contribution in [-0.2, 0) is 33.4 Å². The number of hydrogen-bond donors (Lipinski definition) is 3. The van der Waals surface area contributed by atoms with E-state index < -0.39 is 47.9 Å². The maximum Gasteiger partial charge on any atom is 0.307 e. The first-order chi connectivity index (χ1) is 23.5. The average Bonchev–Trinajstić information content (AvgIpc) is 3.54. The third-order valence-corrected chi connectivity index (χ3v) is 9.83. The number of aromatic nitrogens is 1. The van der Waals surface area contributed by atoms with E-state index in [0.717, 1.165) is 30.7 Å². The number of rotatable bonds is 20. The number of thiazole rings is 1. The molecule has 1 aliphatic rings. The Labute approximate surface area is 300 Å². The van der Waals surface area contributed by atoms with Crippen molar-refractivity contribution in [3.63, 3.8) is 0 Å². The van der Waals surface area contributed by atoms with Gasteiger partial charge >= 0.3 is 17.9 Å². The number of nitrogens with zero attached hydrogens (tertiary/aromatic N) is 3. The molecule has 1 aromatic heterocycles. The Hall–Kier alpha value is -3.59. The third-order valence-electron chi connectivity index (χ3n) is 8.89. The zero-order valence-corrected chi connectivity index (χ0v) is 31.7. The number of esters is 2. The van der Waals surface area contributed by atoms with E-state index in [2.05, 4.69) is 15.6 Å².